The number of rotatable bonds is 7. The van der Waals surface area contributed by atoms with Crippen molar-refractivity contribution in [1.82, 2.24) is 9.97 Å². The van der Waals surface area contributed by atoms with Gasteiger partial charge in [-0.05, 0) is 19.1 Å². The Labute approximate surface area is 175 Å². The van der Waals surface area contributed by atoms with E-state index in [1.54, 1.807) is 11.8 Å². The van der Waals surface area contributed by atoms with Crippen LogP contribution in [0.25, 0.3) is 0 Å². The Morgan fingerprint density at radius 2 is 1.87 bits per heavy atom. The number of hydrogen-bond acceptors (Lipinski definition) is 8. The fourth-order valence-electron chi connectivity index (χ4n) is 2.93. The van der Waals surface area contributed by atoms with E-state index in [0.29, 0.717) is 26.3 Å². The van der Waals surface area contributed by atoms with Gasteiger partial charge in [-0.15, -0.1) is 0 Å². The van der Waals surface area contributed by atoms with Crippen LogP contribution in [-0.4, -0.2) is 61.2 Å². The number of ether oxygens (including phenoxy) is 3. The first-order chi connectivity index (χ1) is 14.8. The van der Waals surface area contributed by atoms with Gasteiger partial charge in [0.2, 0.25) is 5.95 Å². The number of carbonyl (C=O) groups is 2. The molecule has 0 saturated carbocycles. The van der Waals surface area contributed by atoms with E-state index in [1.807, 2.05) is 0 Å². The molecule has 8 nitrogen and oxygen atoms in total. The van der Waals surface area contributed by atoms with Crippen molar-refractivity contribution in [3.8, 4) is 5.75 Å². The maximum absolute atomic E-state index is 13.7. The Balaban J connectivity index is 1.93. The highest BCUT2D eigenvalue weighted by Gasteiger charge is 2.39. The molecule has 11 heteroatoms. The number of ketones is 1. The Bertz CT molecular complexity index is 946. The summed E-state index contributed by atoms with van der Waals surface area (Å²) in [6.45, 7) is 2.65. The average molecular weight is 439 g/mol. The van der Waals surface area contributed by atoms with Crippen LogP contribution in [0.1, 0.15) is 28.5 Å². The minimum Gasteiger partial charge on any atom is -0.481 e. The topological polar surface area (TPSA) is 90.9 Å². The molecule has 0 bridgehead atoms. The summed E-state index contributed by atoms with van der Waals surface area (Å²) in [5.74, 6) is -1.82. The number of benzene rings is 1. The van der Waals surface area contributed by atoms with Gasteiger partial charge in [0.05, 0.1) is 30.9 Å². The lowest BCUT2D eigenvalue weighted by Gasteiger charge is -2.27. The maximum atomic E-state index is 13.7. The van der Waals surface area contributed by atoms with Gasteiger partial charge in [0.15, 0.2) is 18.1 Å². The summed E-state index contributed by atoms with van der Waals surface area (Å²) < 4.78 is 56.4. The average Bonchev–Trinajstić information content (AvgIpc) is 2.77. The van der Waals surface area contributed by atoms with Gasteiger partial charge in [-0.2, -0.15) is 13.2 Å². The van der Waals surface area contributed by atoms with Crippen LogP contribution in [0.2, 0.25) is 0 Å². The van der Waals surface area contributed by atoms with E-state index in [9.17, 15) is 22.8 Å². The molecule has 31 heavy (non-hydrogen) atoms. The van der Waals surface area contributed by atoms with Gasteiger partial charge in [0, 0.05) is 19.3 Å². The number of hydrogen-bond donors (Lipinski definition) is 0. The highest BCUT2D eigenvalue weighted by molar-refractivity contribution is 6.11. The molecule has 1 aliphatic heterocycles. The zero-order chi connectivity index (χ0) is 22.4. The van der Waals surface area contributed by atoms with E-state index < -0.39 is 35.8 Å². The Morgan fingerprint density at radius 3 is 2.55 bits per heavy atom. The molecule has 0 aliphatic carbocycles. The highest BCUT2D eigenvalue weighted by atomic mass is 19.4. The van der Waals surface area contributed by atoms with Crippen LogP contribution in [0.5, 0.6) is 5.75 Å². The van der Waals surface area contributed by atoms with Gasteiger partial charge < -0.3 is 19.1 Å². The van der Waals surface area contributed by atoms with Crippen molar-refractivity contribution in [3.63, 3.8) is 0 Å². The summed E-state index contributed by atoms with van der Waals surface area (Å²) in [5.41, 5.74) is -2.20. The minimum absolute atomic E-state index is 0.0501. The van der Waals surface area contributed by atoms with Crippen molar-refractivity contribution < 1.29 is 37.0 Å². The Kier molecular flexibility index (Phi) is 7.06. The van der Waals surface area contributed by atoms with E-state index >= 15 is 0 Å². The number of aromatic nitrogens is 2. The zero-order valence-corrected chi connectivity index (χ0v) is 16.6. The largest absolute Gasteiger partial charge is 0.481 e. The lowest BCUT2D eigenvalue weighted by atomic mass is 10.0. The summed E-state index contributed by atoms with van der Waals surface area (Å²) in [5, 5.41) is 0. The summed E-state index contributed by atoms with van der Waals surface area (Å²) in [7, 11) is 0. The van der Waals surface area contributed by atoms with Crippen molar-refractivity contribution in [2.45, 2.75) is 13.1 Å². The third-order valence-electron chi connectivity index (χ3n) is 4.37. The van der Waals surface area contributed by atoms with Gasteiger partial charge in [-0.1, -0.05) is 12.1 Å². The van der Waals surface area contributed by atoms with Crippen molar-refractivity contribution in [2.24, 2.45) is 0 Å². The normalized spacial score (nSPS) is 14.3. The van der Waals surface area contributed by atoms with E-state index in [4.69, 9.17) is 14.2 Å². The molecule has 166 valence electrons. The monoisotopic (exact) mass is 439 g/mol. The predicted molar refractivity (Wildman–Crippen MR) is 102 cm³/mol. The van der Waals surface area contributed by atoms with Gasteiger partial charge in [0.1, 0.15) is 5.75 Å². The fourth-order valence-corrected chi connectivity index (χ4v) is 2.93. The number of nitrogens with zero attached hydrogens (tertiary/aromatic N) is 3. The standard InChI is InChI=1S/C20H20F3N3O5/c1-2-30-16(27)12-31-15-6-4-3-5-13(15)17(28)14-11-24-19(25-18(14)20(21,22)23)26-7-9-29-10-8-26/h3-6,11H,2,7-10,12H2,1H3. The molecule has 1 aromatic heterocycles. The lowest BCUT2D eigenvalue weighted by molar-refractivity contribution is -0.145. The first-order valence-electron chi connectivity index (χ1n) is 9.50. The molecule has 1 aliphatic rings. The molecule has 0 unspecified atom stereocenters. The number of esters is 1. The van der Waals surface area contributed by atoms with Crippen LogP contribution in [0, 0.1) is 0 Å². The number of halogens is 3. The van der Waals surface area contributed by atoms with Crippen LogP contribution >= 0.6 is 0 Å². The summed E-state index contributed by atoms with van der Waals surface area (Å²) in [6, 6.07) is 5.68. The van der Waals surface area contributed by atoms with Crippen LogP contribution in [-0.2, 0) is 20.4 Å². The molecular formula is C20H20F3N3O5. The molecule has 3 rings (SSSR count). The molecule has 1 aromatic carbocycles. The molecule has 0 N–H and O–H groups in total. The molecule has 0 spiro atoms. The number of alkyl halides is 3. The van der Waals surface area contributed by atoms with Gasteiger partial charge in [0.25, 0.3) is 0 Å². The maximum Gasteiger partial charge on any atom is 0.434 e. The molecule has 2 aromatic rings. The Morgan fingerprint density at radius 1 is 1.16 bits per heavy atom. The molecular weight excluding hydrogens is 419 g/mol. The number of anilines is 1. The van der Waals surface area contributed by atoms with Crippen LogP contribution < -0.4 is 9.64 Å². The second-order valence-corrected chi connectivity index (χ2v) is 6.45. The number of para-hydroxylation sites is 1. The van der Waals surface area contributed by atoms with Gasteiger partial charge in [-0.25, -0.2) is 14.8 Å². The lowest BCUT2D eigenvalue weighted by Crippen LogP contribution is -2.38. The van der Waals surface area contributed by atoms with Crippen molar-refractivity contribution in [3.05, 3.63) is 47.3 Å². The highest BCUT2D eigenvalue weighted by Crippen LogP contribution is 2.33. The summed E-state index contributed by atoms with van der Waals surface area (Å²) >= 11 is 0. The molecule has 0 atom stereocenters. The quantitative estimate of drug-likeness (QED) is 0.480. The van der Waals surface area contributed by atoms with Crippen molar-refractivity contribution in [1.29, 1.82) is 0 Å². The third-order valence-corrected chi connectivity index (χ3v) is 4.37. The van der Waals surface area contributed by atoms with E-state index in [1.165, 1.54) is 24.3 Å². The second-order valence-electron chi connectivity index (χ2n) is 6.45. The van der Waals surface area contributed by atoms with Gasteiger partial charge >= 0.3 is 12.1 Å². The molecule has 0 amide bonds. The zero-order valence-electron chi connectivity index (χ0n) is 16.6. The van der Waals surface area contributed by atoms with Crippen LogP contribution in [0.15, 0.2) is 30.5 Å². The first-order valence-corrected chi connectivity index (χ1v) is 9.50. The third kappa shape index (κ3) is 5.48. The van der Waals surface area contributed by atoms with E-state index in [2.05, 4.69) is 9.97 Å². The smallest absolute Gasteiger partial charge is 0.434 e. The predicted octanol–water partition coefficient (Wildman–Crippen LogP) is 2.50. The number of morpholine rings is 1. The summed E-state index contributed by atoms with van der Waals surface area (Å²) in [6.07, 6.45) is -4.01. The first kappa shape index (κ1) is 22.5. The van der Waals surface area contributed by atoms with Crippen molar-refractivity contribution >= 4 is 17.7 Å². The van der Waals surface area contributed by atoms with E-state index in [0.717, 1.165) is 6.20 Å². The molecule has 1 saturated heterocycles. The fraction of sp³-hybridized carbons (Fsp3) is 0.400. The number of carbonyl (C=O) groups excluding carboxylic acids is 2. The summed E-state index contributed by atoms with van der Waals surface area (Å²) in [4.78, 5) is 33.7. The molecule has 2 heterocycles. The van der Waals surface area contributed by atoms with Crippen LogP contribution in [0.4, 0.5) is 19.1 Å². The van der Waals surface area contributed by atoms with Gasteiger partial charge in [-0.3, -0.25) is 4.79 Å². The second kappa shape index (κ2) is 9.73. The SMILES string of the molecule is CCOC(=O)COc1ccccc1C(=O)c1cnc(N2CCOCC2)nc1C(F)(F)F. The van der Waals surface area contributed by atoms with Crippen LogP contribution in [0.3, 0.4) is 0 Å². The minimum atomic E-state index is -4.88. The van der Waals surface area contributed by atoms with E-state index in [-0.39, 0.29) is 23.9 Å². The van der Waals surface area contributed by atoms with Crippen molar-refractivity contribution in [2.75, 3.05) is 44.4 Å². The molecule has 0 radical (unpaired) electrons. The Hall–Kier alpha value is -3.21. The molecule has 1 fully saturated rings.